The third-order valence-electron chi connectivity index (χ3n) is 6.85. The van der Waals surface area contributed by atoms with Gasteiger partial charge in [0.05, 0.1) is 16.8 Å². The van der Waals surface area contributed by atoms with E-state index in [0.29, 0.717) is 18.1 Å². The Labute approximate surface area is 195 Å². The number of carbonyl (C=O) groups is 2. The van der Waals surface area contributed by atoms with Gasteiger partial charge in [-0.1, -0.05) is 68.6 Å². The Balaban J connectivity index is 1.55. The number of rotatable bonds is 5. The van der Waals surface area contributed by atoms with Crippen molar-refractivity contribution in [2.45, 2.75) is 44.9 Å². The van der Waals surface area contributed by atoms with Gasteiger partial charge in [-0.2, -0.15) is 0 Å². The Morgan fingerprint density at radius 3 is 2.25 bits per heavy atom. The molecule has 1 N–H and O–H groups in total. The molecule has 0 aromatic heterocycles. The van der Waals surface area contributed by atoms with E-state index in [2.05, 4.69) is 22.3 Å². The maximum Gasteiger partial charge on any atom is 0.235 e. The minimum absolute atomic E-state index is 0.00696. The van der Waals surface area contributed by atoms with E-state index < -0.39 is 5.41 Å². The van der Waals surface area contributed by atoms with E-state index in [0.717, 1.165) is 55.7 Å². The van der Waals surface area contributed by atoms with Crippen molar-refractivity contribution in [3.8, 4) is 0 Å². The Hall–Kier alpha value is -2.53. The van der Waals surface area contributed by atoms with Gasteiger partial charge in [0.15, 0.2) is 0 Å². The molecule has 1 aliphatic carbocycles. The Morgan fingerprint density at radius 1 is 0.969 bits per heavy atom. The Kier molecular flexibility index (Phi) is 6.75. The molecule has 32 heavy (non-hydrogen) atoms. The van der Waals surface area contributed by atoms with Crippen LogP contribution < -0.4 is 10.2 Å². The largest absolute Gasteiger partial charge is 0.366 e. The SMILES string of the molecule is CC(C)C(=O)N1CCN(c2ccc(Cl)cc2NC(=O)C2(c3ccccc3)CCCC2)CC1. The summed E-state index contributed by atoms with van der Waals surface area (Å²) in [6.45, 7) is 6.70. The van der Waals surface area contributed by atoms with Crippen molar-refractivity contribution < 1.29 is 9.59 Å². The number of hydrogen-bond donors (Lipinski definition) is 1. The Bertz CT molecular complexity index is 962. The summed E-state index contributed by atoms with van der Waals surface area (Å²) >= 11 is 6.33. The molecule has 0 radical (unpaired) electrons. The van der Waals surface area contributed by atoms with Gasteiger partial charge in [0.25, 0.3) is 0 Å². The molecule has 1 heterocycles. The highest BCUT2D eigenvalue weighted by Crippen LogP contribution is 2.43. The topological polar surface area (TPSA) is 52.7 Å². The standard InChI is InChI=1S/C26H32ClN3O2/c1-19(2)24(31)30-16-14-29(15-17-30)23-11-10-21(27)18-22(23)28-25(32)26(12-6-7-13-26)20-8-4-3-5-9-20/h3-5,8-11,18-19H,6-7,12-17H2,1-2H3,(H,28,32). The zero-order valence-corrected chi connectivity index (χ0v) is 19.7. The van der Waals surface area contributed by atoms with Crippen LogP contribution in [0.4, 0.5) is 11.4 Å². The van der Waals surface area contributed by atoms with Crippen molar-refractivity contribution in [3.63, 3.8) is 0 Å². The highest BCUT2D eigenvalue weighted by molar-refractivity contribution is 6.31. The van der Waals surface area contributed by atoms with Gasteiger partial charge in [-0.05, 0) is 36.6 Å². The molecule has 1 aliphatic heterocycles. The molecule has 4 rings (SSSR count). The van der Waals surface area contributed by atoms with E-state index in [4.69, 9.17) is 11.6 Å². The second kappa shape index (κ2) is 9.53. The minimum atomic E-state index is -0.497. The van der Waals surface area contributed by atoms with Gasteiger partial charge in [-0.15, -0.1) is 0 Å². The fourth-order valence-electron chi connectivity index (χ4n) is 5.04. The molecule has 5 nitrogen and oxygen atoms in total. The molecular formula is C26H32ClN3O2. The zero-order chi connectivity index (χ0) is 22.7. The second-order valence-electron chi connectivity index (χ2n) is 9.24. The number of benzene rings is 2. The van der Waals surface area contributed by atoms with Crippen LogP contribution in [0.15, 0.2) is 48.5 Å². The number of anilines is 2. The zero-order valence-electron chi connectivity index (χ0n) is 18.9. The Morgan fingerprint density at radius 2 is 1.62 bits per heavy atom. The van der Waals surface area contributed by atoms with Crippen LogP contribution in [0.2, 0.25) is 5.02 Å². The minimum Gasteiger partial charge on any atom is -0.366 e. The number of amides is 2. The maximum absolute atomic E-state index is 13.7. The molecule has 2 fully saturated rings. The summed E-state index contributed by atoms with van der Waals surface area (Å²) in [5, 5.41) is 3.83. The van der Waals surface area contributed by atoms with Crippen LogP contribution >= 0.6 is 11.6 Å². The first kappa shape index (κ1) is 22.7. The van der Waals surface area contributed by atoms with E-state index in [9.17, 15) is 9.59 Å². The van der Waals surface area contributed by atoms with Crippen LogP contribution in [0.5, 0.6) is 0 Å². The number of halogens is 1. The molecule has 0 unspecified atom stereocenters. The number of hydrogen-bond acceptors (Lipinski definition) is 3. The summed E-state index contributed by atoms with van der Waals surface area (Å²) in [4.78, 5) is 30.2. The molecule has 2 aliphatic rings. The van der Waals surface area contributed by atoms with Gasteiger partial charge in [-0.3, -0.25) is 9.59 Å². The first-order valence-corrected chi connectivity index (χ1v) is 12.0. The molecule has 6 heteroatoms. The number of carbonyl (C=O) groups excluding carboxylic acids is 2. The quantitative estimate of drug-likeness (QED) is 0.685. The lowest BCUT2D eigenvalue weighted by Gasteiger charge is -2.38. The third-order valence-corrected chi connectivity index (χ3v) is 7.09. The molecule has 2 aromatic carbocycles. The highest BCUT2D eigenvalue weighted by Gasteiger charge is 2.43. The smallest absolute Gasteiger partial charge is 0.235 e. The number of nitrogens with one attached hydrogen (secondary N) is 1. The predicted molar refractivity (Wildman–Crippen MR) is 130 cm³/mol. The fraction of sp³-hybridized carbons (Fsp3) is 0.462. The number of nitrogens with zero attached hydrogens (tertiary/aromatic N) is 2. The van der Waals surface area contributed by atoms with Crippen molar-refractivity contribution in [2.75, 3.05) is 36.4 Å². The van der Waals surface area contributed by atoms with Crippen LogP contribution in [0, 0.1) is 5.92 Å². The van der Waals surface area contributed by atoms with Gasteiger partial charge in [0.1, 0.15) is 0 Å². The van der Waals surface area contributed by atoms with E-state index in [1.54, 1.807) is 0 Å². The third kappa shape index (κ3) is 4.49. The summed E-state index contributed by atoms with van der Waals surface area (Å²) < 4.78 is 0. The molecule has 0 spiro atoms. The van der Waals surface area contributed by atoms with E-state index >= 15 is 0 Å². The maximum atomic E-state index is 13.7. The van der Waals surface area contributed by atoms with E-state index in [1.807, 2.05) is 55.1 Å². The van der Waals surface area contributed by atoms with Gasteiger partial charge in [-0.25, -0.2) is 0 Å². The molecule has 1 saturated carbocycles. The molecule has 170 valence electrons. The highest BCUT2D eigenvalue weighted by atomic mass is 35.5. The van der Waals surface area contributed by atoms with Crippen molar-refractivity contribution >= 4 is 34.8 Å². The first-order chi connectivity index (χ1) is 15.4. The van der Waals surface area contributed by atoms with E-state index in [-0.39, 0.29) is 17.7 Å². The van der Waals surface area contributed by atoms with Crippen molar-refractivity contribution in [1.29, 1.82) is 0 Å². The van der Waals surface area contributed by atoms with Crippen molar-refractivity contribution in [3.05, 3.63) is 59.1 Å². The van der Waals surface area contributed by atoms with Crippen molar-refractivity contribution in [2.24, 2.45) is 5.92 Å². The summed E-state index contributed by atoms with van der Waals surface area (Å²) in [6.07, 6.45) is 3.82. The molecular weight excluding hydrogens is 422 g/mol. The second-order valence-corrected chi connectivity index (χ2v) is 9.67. The van der Waals surface area contributed by atoms with Gasteiger partial charge < -0.3 is 15.1 Å². The van der Waals surface area contributed by atoms with Crippen molar-refractivity contribution in [1.82, 2.24) is 4.90 Å². The van der Waals surface area contributed by atoms with Gasteiger partial charge in [0.2, 0.25) is 11.8 Å². The monoisotopic (exact) mass is 453 g/mol. The van der Waals surface area contributed by atoms with Gasteiger partial charge in [0, 0.05) is 37.1 Å². The normalized spacial score (nSPS) is 18.1. The average Bonchev–Trinajstić information content (AvgIpc) is 3.31. The average molecular weight is 454 g/mol. The van der Waals surface area contributed by atoms with Crippen LogP contribution in [-0.2, 0) is 15.0 Å². The summed E-state index contributed by atoms with van der Waals surface area (Å²) in [6, 6.07) is 15.8. The fourth-order valence-corrected chi connectivity index (χ4v) is 5.21. The van der Waals surface area contributed by atoms with Crippen LogP contribution in [0.1, 0.15) is 45.1 Å². The van der Waals surface area contributed by atoms with Crippen LogP contribution in [0.25, 0.3) is 0 Å². The summed E-state index contributed by atoms with van der Waals surface area (Å²) in [5.41, 5.74) is 2.29. The molecule has 1 saturated heterocycles. The first-order valence-electron chi connectivity index (χ1n) is 11.6. The predicted octanol–water partition coefficient (Wildman–Crippen LogP) is 5.10. The lowest BCUT2D eigenvalue weighted by molar-refractivity contribution is -0.134. The molecule has 0 atom stereocenters. The summed E-state index contributed by atoms with van der Waals surface area (Å²) in [5.74, 6) is 0.242. The molecule has 2 aromatic rings. The van der Waals surface area contributed by atoms with Crippen LogP contribution in [-0.4, -0.2) is 42.9 Å². The number of piperazine rings is 1. The van der Waals surface area contributed by atoms with E-state index in [1.165, 1.54) is 0 Å². The summed E-state index contributed by atoms with van der Waals surface area (Å²) in [7, 11) is 0. The lowest BCUT2D eigenvalue weighted by Crippen LogP contribution is -2.50. The molecule has 2 amide bonds. The molecule has 0 bridgehead atoms. The van der Waals surface area contributed by atoms with Gasteiger partial charge >= 0.3 is 0 Å². The lowest BCUT2D eigenvalue weighted by atomic mass is 9.78. The van der Waals surface area contributed by atoms with Crippen LogP contribution in [0.3, 0.4) is 0 Å².